The maximum Gasteiger partial charge on any atom is 0.108 e. The van der Waals surface area contributed by atoms with Crippen LogP contribution in [0.3, 0.4) is 0 Å². The third kappa shape index (κ3) is 2.83. The lowest BCUT2D eigenvalue weighted by molar-refractivity contribution is 0.0123. The lowest BCUT2D eigenvalue weighted by atomic mass is 9.92. The lowest BCUT2D eigenvalue weighted by Gasteiger charge is -2.37. The van der Waals surface area contributed by atoms with E-state index in [1.54, 1.807) is 6.20 Å². The van der Waals surface area contributed by atoms with Gasteiger partial charge in [0.25, 0.3) is 0 Å². The second-order valence-corrected chi connectivity index (χ2v) is 5.06. The Morgan fingerprint density at radius 3 is 2.56 bits per heavy atom. The van der Waals surface area contributed by atoms with Crippen LogP contribution in [0.1, 0.15) is 26.1 Å². The average molecular weight is 225 g/mol. The quantitative estimate of drug-likeness (QED) is 0.814. The van der Waals surface area contributed by atoms with Gasteiger partial charge in [-0.25, -0.2) is 4.98 Å². The van der Waals surface area contributed by atoms with E-state index in [1.807, 2.05) is 31.9 Å². The lowest BCUT2D eigenvalue weighted by Crippen LogP contribution is -2.48. The third-order valence-electron chi connectivity index (χ3n) is 3.53. The van der Waals surface area contributed by atoms with Crippen LogP contribution in [-0.4, -0.2) is 45.3 Å². The van der Waals surface area contributed by atoms with Crippen molar-refractivity contribution in [3.8, 4) is 0 Å². The molecule has 1 atom stereocenters. The Morgan fingerprint density at radius 1 is 1.50 bits per heavy atom. The summed E-state index contributed by atoms with van der Waals surface area (Å²) in [7, 11) is 5.96. The van der Waals surface area contributed by atoms with Crippen LogP contribution in [0.2, 0.25) is 0 Å². The molecule has 4 heteroatoms. The molecule has 1 aromatic rings. The van der Waals surface area contributed by atoms with Gasteiger partial charge in [-0.05, 0) is 34.4 Å². The molecule has 1 N–H and O–H groups in total. The zero-order valence-corrected chi connectivity index (χ0v) is 10.9. The van der Waals surface area contributed by atoms with Gasteiger partial charge >= 0.3 is 0 Å². The highest BCUT2D eigenvalue weighted by molar-refractivity contribution is 4.94. The third-order valence-corrected chi connectivity index (χ3v) is 3.53. The standard InChI is InChI=1S/C12H23N3O/c1-12(2,14(3)4)10(16)6-7-11-13-8-9-15(11)5/h8-10,16H,6-7H2,1-5H3. The Labute approximate surface area is 97.9 Å². The zero-order chi connectivity index (χ0) is 12.3. The molecular formula is C12H23N3O. The van der Waals surface area contributed by atoms with E-state index >= 15 is 0 Å². The fourth-order valence-electron chi connectivity index (χ4n) is 1.55. The minimum absolute atomic E-state index is 0.203. The number of aryl methyl sites for hydroxylation is 2. The van der Waals surface area contributed by atoms with E-state index in [0.717, 1.165) is 18.7 Å². The minimum atomic E-state index is -0.348. The van der Waals surface area contributed by atoms with Gasteiger partial charge in [-0.15, -0.1) is 0 Å². The molecule has 0 amide bonds. The maximum atomic E-state index is 10.2. The highest BCUT2D eigenvalue weighted by atomic mass is 16.3. The summed E-state index contributed by atoms with van der Waals surface area (Å²) in [6.45, 7) is 4.10. The monoisotopic (exact) mass is 225 g/mol. The van der Waals surface area contributed by atoms with Gasteiger partial charge in [0, 0.05) is 31.4 Å². The Hall–Kier alpha value is -0.870. The number of likely N-dealkylation sites (N-methyl/N-ethyl adjacent to an activating group) is 1. The molecule has 92 valence electrons. The van der Waals surface area contributed by atoms with Gasteiger partial charge in [-0.3, -0.25) is 0 Å². The average Bonchev–Trinajstić information content (AvgIpc) is 2.60. The van der Waals surface area contributed by atoms with E-state index in [1.165, 1.54) is 0 Å². The van der Waals surface area contributed by atoms with E-state index in [9.17, 15) is 5.11 Å². The SMILES string of the molecule is CN(C)C(C)(C)C(O)CCc1nccn1C. The summed E-state index contributed by atoms with van der Waals surface area (Å²) in [5.74, 6) is 1.02. The first kappa shape index (κ1) is 13.2. The van der Waals surface area contributed by atoms with E-state index in [-0.39, 0.29) is 11.6 Å². The Kier molecular flexibility index (Phi) is 4.10. The van der Waals surface area contributed by atoms with Crippen molar-refractivity contribution in [3.05, 3.63) is 18.2 Å². The smallest absolute Gasteiger partial charge is 0.108 e. The van der Waals surface area contributed by atoms with Crippen molar-refractivity contribution in [2.45, 2.75) is 38.3 Å². The summed E-state index contributed by atoms with van der Waals surface area (Å²) in [5.41, 5.74) is -0.203. The normalized spacial score (nSPS) is 14.4. The fourth-order valence-corrected chi connectivity index (χ4v) is 1.55. The van der Waals surface area contributed by atoms with Crippen molar-refractivity contribution in [1.82, 2.24) is 14.5 Å². The summed E-state index contributed by atoms with van der Waals surface area (Å²) in [4.78, 5) is 6.30. The molecule has 4 nitrogen and oxygen atoms in total. The Morgan fingerprint density at radius 2 is 2.12 bits per heavy atom. The molecule has 1 aromatic heterocycles. The molecule has 1 rings (SSSR count). The molecule has 1 heterocycles. The van der Waals surface area contributed by atoms with Crippen LogP contribution in [0, 0.1) is 0 Å². The summed E-state index contributed by atoms with van der Waals surface area (Å²) < 4.78 is 2.00. The van der Waals surface area contributed by atoms with Gasteiger partial charge in [0.2, 0.25) is 0 Å². The van der Waals surface area contributed by atoms with Gasteiger partial charge < -0.3 is 14.6 Å². The van der Waals surface area contributed by atoms with Crippen molar-refractivity contribution in [2.24, 2.45) is 7.05 Å². The Balaban J connectivity index is 2.53. The van der Waals surface area contributed by atoms with Crippen LogP contribution >= 0.6 is 0 Å². The van der Waals surface area contributed by atoms with Crippen LogP contribution in [0.15, 0.2) is 12.4 Å². The number of aromatic nitrogens is 2. The number of imidazole rings is 1. The number of hydrogen-bond donors (Lipinski definition) is 1. The number of rotatable bonds is 5. The first-order valence-electron chi connectivity index (χ1n) is 5.67. The van der Waals surface area contributed by atoms with Gasteiger partial charge in [0.15, 0.2) is 0 Å². The first-order chi connectivity index (χ1) is 7.35. The molecule has 0 saturated heterocycles. The van der Waals surface area contributed by atoms with E-state index in [2.05, 4.69) is 23.7 Å². The Bertz CT molecular complexity index is 331. The van der Waals surface area contributed by atoms with Crippen molar-refractivity contribution in [1.29, 1.82) is 0 Å². The van der Waals surface area contributed by atoms with E-state index in [0.29, 0.717) is 0 Å². The summed E-state index contributed by atoms with van der Waals surface area (Å²) in [6.07, 6.45) is 4.91. The second-order valence-electron chi connectivity index (χ2n) is 5.06. The van der Waals surface area contributed by atoms with Gasteiger partial charge in [0.1, 0.15) is 5.82 Å². The van der Waals surface area contributed by atoms with Gasteiger partial charge in [0.05, 0.1) is 6.10 Å². The largest absolute Gasteiger partial charge is 0.391 e. The van der Waals surface area contributed by atoms with Crippen molar-refractivity contribution in [3.63, 3.8) is 0 Å². The summed E-state index contributed by atoms with van der Waals surface area (Å²) in [5, 5.41) is 10.2. The summed E-state index contributed by atoms with van der Waals surface area (Å²) >= 11 is 0. The van der Waals surface area contributed by atoms with Gasteiger partial charge in [-0.1, -0.05) is 0 Å². The molecule has 0 bridgehead atoms. The molecule has 1 unspecified atom stereocenters. The summed E-state index contributed by atoms with van der Waals surface area (Å²) in [6, 6.07) is 0. The number of hydrogen-bond acceptors (Lipinski definition) is 3. The predicted molar refractivity (Wildman–Crippen MR) is 65.3 cm³/mol. The number of aliphatic hydroxyl groups excluding tert-OH is 1. The van der Waals surface area contributed by atoms with Crippen molar-refractivity contribution in [2.75, 3.05) is 14.1 Å². The maximum absolute atomic E-state index is 10.2. The van der Waals surface area contributed by atoms with Crippen LogP contribution in [-0.2, 0) is 13.5 Å². The molecule has 0 aliphatic heterocycles. The molecule has 0 aliphatic rings. The predicted octanol–water partition coefficient (Wildman–Crippen LogP) is 1.05. The highest BCUT2D eigenvalue weighted by Crippen LogP contribution is 2.19. The zero-order valence-electron chi connectivity index (χ0n) is 10.9. The van der Waals surface area contributed by atoms with Crippen LogP contribution in [0.5, 0.6) is 0 Å². The van der Waals surface area contributed by atoms with Crippen LogP contribution < -0.4 is 0 Å². The van der Waals surface area contributed by atoms with E-state index < -0.39 is 0 Å². The molecule has 0 saturated carbocycles. The molecule has 0 spiro atoms. The van der Waals surface area contributed by atoms with E-state index in [4.69, 9.17) is 0 Å². The van der Waals surface area contributed by atoms with Gasteiger partial charge in [-0.2, -0.15) is 0 Å². The second kappa shape index (κ2) is 4.97. The fraction of sp³-hybridized carbons (Fsp3) is 0.750. The topological polar surface area (TPSA) is 41.3 Å². The first-order valence-corrected chi connectivity index (χ1v) is 5.67. The molecule has 0 fully saturated rings. The molecular weight excluding hydrogens is 202 g/mol. The molecule has 0 radical (unpaired) electrons. The minimum Gasteiger partial charge on any atom is -0.391 e. The van der Waals surface area contributed by atoms with Crippen LogP contribution in [0.4, 0.5) is 0 Å². The molecule has 0 aromatic carbocycles. The van der Waals surface area contributed by atoms with Crippen LogP contribution in [0.25, 0.3) is 0 Å². The molecule has 16 heavy (non-hydrogen) atoms. The highest BCUT2D eigenvalue weighted by Gasteiger charge is 2.29. The number of aliphatic hydroxyl groups is 1. The van der Waals surface area contributed by atoms with Crippen molar-refractivity contribution >= 4 is 0 Å². The molecule has 0 aliphatic carbocycles. The number of nitrogens with zero attached hydrogens (tertiary/aromatic N) is 3. The van der Waals surface area contributed by atoms with Crippen molar-refractivity contribution < 1.29 is 5.11 Å².